The Morgan fingerprint density at radius 3 is 2.22 bits per heavy atom. The van der Waals surface area contributed by atoms with Crippen LogP contribution in [0.3, 0.4) is 0 Å². The lowest BCUT2D eigenvalue weighted by atomic mass is 9.87. The highest BCUT2D eigenvalue weighted by Crippen LogP contribution is 2.22. The molecule has 2 aromatic rings. The van der Waals surface area contributed by atoms with Crippen LogP contribution in [0.1, 0.15) is 37.5 Å². The van der Waals surface area contributed by atoms with Gasteiger partial charge in [-0.25, -0.2) is 0 Å². The number of carbonyl (C=O) groups excluding carboxylic acids is 1. The third kappa shape index (κ3) is 5.57. The van der Waals surface area contributed by atoms with Crippen LogP contribution < -0.4 is 5.32 Å². The number of nitrogens with one attached hydrogen (secondary N) is 1. The molecule has 0 aliphatic heterocycles. The van der Waals surface area contributed by atoms with E-state index in [0.29, 0.717) is 11.6 Å². The molecule has 120 valence electrons. The zero-order valence-corrected chi connectivity index (χ0v) is 14.5. The van der Waals surface area contributed by atoms with E-state index in [2.05, 4.69) is 38.2 Å². The summed E-state index contributed by atoms with van der Waals surface area (Å²) in [5.74, 6) is -0.111. The van der Waals surface area contributed by atoms with Gasteiger partial charge in [-0.05, 0) is 40.3 Å². The number of benzene rings is 2. The van der Waals surface area contributed by atoms with Crippen molar-refractivity contribution in [2.45, 2.75) is 32.7 Å². The Morgan fingerprint density at radius 2 is 1.65 bits per heavy atom. The van der Waals surface area contributed by atoms with Crippen molar-refractivity contribution in [3.8, 4) is 0 Å². The van der Waals surface area contributed by atoms with Gasteiger partial charge in [0.1, 0.15) is 0 Å². The van der Waals surface area contributed by atoms with Crippen LogP contribution in [0.15, 0.2) is 54.6 Å². The summed E-state index contributed by atoms with van der Waals surface area (Å²) in [6.45, 7) is 7.04. The molecule has 1 amide bonds. The van der Waals surface area contributed by atoms with Gasteiger partial charge in [-0.1, -0.05) is 68.8 Å². The van der Waals surface area contributed by atoms with Crippen molar-refractivity contribution in [1.29, 1.82) is 0 Å². The van der Waals surface area contributed by atoms with Gasteiger partial charge < -0.3 is 5.32 Å². The molecule has 0 atom stereocenters. The molecule has 0 heterocycles. The van der Waals surface area contributed by atoms with Crippen LogP contribution in [0.4, 0.5) is 0 Å². The minimum absolute atomic E-state index is 0.111. The van der Waals surface area contributed by atoms with Crippen LogP contribution in [-0.2, 0) is 16.8 Å². The number of rotatable bonds is 4. The Hall–Kier alpha value is -2.06. The van der Waals surface area contributed by atoms with E-state index in [1.165, 1.54) is 5.56 Å². The molecule has 23 heavy (non-hydrogen) atoms. The van der Waals surface area contributed by atoms with Gasteiger partial charge in [0.05, 0.1) is 0 Å². The predicted molar refractivity (Wildman–Crippen MR) is 97.5 cm³/mol. The second-order valence-corrected chi connectivity index (χ2v) is 6.99. The van der Waals surface area contributed by atoms with Gasteiger partial charge in [0.2, 0.25) is 5.91 Å². The number of halogens is 1. The SMILES string of the molecule is CC(C)(C)c1ccc(C=CC(=O)NCc2ccc(Cl)cc2)cc1. The Morgan fingerprint density at radius 1 is 1.04 bits per heavy atom. The first-order valence-electron chi connectivity index (χ1n) is 7.65. The van der Waals surface area contributed by atoms with E-state index < -0.39 is 0 Å². The molecule has 2 aromatic carbocycles. The first-order chi connectivity index (χ1) is 10.8. The van der Waals surface area contributed by atoms with Crippen molar-refractivity contribution in [2.75, 3.05) is 0 Å². The van der Waals surface area contributed by atoms with Gasteiger partial charge >= 0.3 is 0 Å². The predicted octanol–water partition coefficient (Wildman–Crippen LogP) is 4.97. The highest BCUT2D eigenvalue weighted by atomic mass is 35.5. The number of amides is 1. The fraction of sp³-hybridized carbons (Fsp3) is 0.250. The van der Waals surface area contributed by atoms with E-state index in [0.717, 1.165) is 11.1 Å². The maximum absolute atomic E-state index is 11.9. The molecule has 0 unspecified atom stereocenters. The summed E-state index contributed by atoms with van der Waals surface area (Å²) in [5, 5.41) is 3.55. The Labute approximate surface area is 143 Å². The average Bonchev–Trinajstić information content (AvgIpc) is 2.52. The molecule has 2 rings (SSSR count). The summed E-state index contributed by atoms with van der Waals surface area (Å²) >= 11 is 5.83. The minimum Gasteiger partial charge on any atom is -0.348 e. The average molecular weight is 328 g/mol. The lowest BCUT2D eigenvalue weighted by Crippen LogP contribution is -2.20. The molecule has 0 aliphatic carbocycles. The molecule has 0 aliphatic rings. The maximum atomic E-state index is 11.9. The topological polar surface area (TPSA) is 29.1 Å². The molecule has 0 spiro atoms. The first kappa shape index (κ1) is 17.3. The number of hydrogen-bond acceptors (Lipinski definition) is 1. The van der Waals surface area contributed by atoms with E-state index in [1.807, 2.05) is 42.5 Å². The quantitative estimate of drug-likeness (QED) is 0.789. The maximum Gasteiger partial charge on any atom is 0.244 e. The van der Waals surface area contributed by atoms with Crippen molar-refractivity contribution in [2.24, 2.45) is 0 Å². The molecule has 0 bridgehead atoms. The second-order valence-electron chi connectivity index (χ2n) is 6.55. The van der Waals surface area contributed by atoms with Crippen LogP contribution >= 0.6 is 11.6 Å². The second kappa shape index (κ2) is 7.47. The highest BCUT2D eigenvalue weighted by molar-refractivity contribution is 6.30. The minimum atomic E-state index is -0.111. The zero-order chi connectivity index (χ0) is 16.9. The van der Waals surface area contributed by atoms with Crippen LogP contribution in [0, 0.1) is 0 Å². The molecule has 3 heteroatoms. The van der Waals surface area contributed by atoms with Crippen molar-refractivity contribution < 1.29 is 4.79 Å². The normalized spacial score (nSPS) is 11.7. The molecular weight excluding hydrogens is 306 g/mol. The zero-order valence-electron chi connectivity index (χ0n) is 13.8. The van der Waals surface area contributed by atoms with Gasteiger partial charge in [-0.15, -0.1) is 0 Å². The third-order valence-corrected chi connectivity index (χ3v) is 3.84. The fourth-order valence-corrected chi connectivity index (χ4v) is 2.24. The lowest BCUT2D eigenvalue weighted by Gasteiger charge is -2.18. The highest BCUT2D eigenvalue weighted by Gasteiger charge is 2.12. The summed E-state index contributed by atoms with van der Waals surface area (Å²) in [7, 11) is 0. The van der Waals surface area contributed by atoms with Crippen molar-refractivity contribution in [3.05, 3.63) is 76.3 Å². The van der Waals surface area contributed by atoms with Crippen LogP contribution in [0.2, 0.25) is 5.02 Å². The number of carbonyl (C=O) groups is 1. The van der Waals surface area contributed by atoms with E-state index in [4.69, 9.17) is 11.6 Å². The largest absolute Gasteiger partial charge is 0.348 e. The molecule has 0 saturated heterocycles. The van der Waals surface area contributed by atoms with Crippen LogP contribution in [0.25, 0.3) is 6.08 Å². The van der Waals surface area contributed by atoms with Gasteiger partial charge in [0, 0.05) is 17.6 Å². The van der Waals surface area contributed by atoms with Crippen LogP contribution in [0.5, 0.6) is 0 Å². The van der Waals surface area contributed by atoms with Crippen molar-refractivity contribution in [1.82, 2.24) is 5.32 Å². The summed E-state index contributed by atoms with van der Waals surface area (Å²) in [5.41, 5.74) is 3.45. The summed E-state index contributed by atoms with van der Waals surface area (Å²) in [6.07, 6.45) is 3.38. The van der Waals surface area contributed by atoms with E-state index in [1.54, 1.807) is 6.08 Å². The van der Waals surface area contributed by atoms with E-state index in [-0.39, 0.29) is 11.3 Å². The van der Waals surface area contributed by atoms with E-state index in [9.17, 15) is 4.79 Å². The molecule has 0 saturated carbocycles. The monoisotopic (exact) mass is 327 g/mol. The molecule has 0 aromatic heterocycles. The molecule has 0 radical (unpaired) electrons. The molecule has 1 N–H and O–H groups in total. The van der Waals surface area contributed by atoms with Crippen molar-refractivity contribution >= 4 is 23.6 Å². The molecule has 0 fully saturated rings. The smallest absolute Gasteiger partial charge is 0.244 e. The van der Waals surface area contributed by atoms with Gasteiger partial charge in [-0.2, -0.15) is 0 Å². The molecule has 2 nitrogen and oxygen atoms in total. The first-order valence-corrected chi connectivity index (χ1v) is 8.03. The summed E-state index contributed by atoms with van der Waals surface area (Å²) in [4.78, 5) is 11.9. The lowest BCUT2D eigenvalue weighted by molar-refractivity contribution is -0.116. The summed E-state index contributed by atoms with van der Waals surface area (Å²) in [6, 6.07) is 15.7. The molecular formula is C20H22ClNO. The van der Waals surface area contributed by atoms with Gasteiger partial charge in [0.25, 0.3) is 0 Å². The van der Waals surface area contributed by atoms with Gasteiger partial charge in [0.15, 0.2) is 0 Å². The standard InChI is InChI=1S/C20H22ClNO/c1-20(2,3)17-9-4-15(5-10-17)8-13-19(23)22-14-16-6-11-18(21)12-7-16/h4-13H,14H2,1-3H3,(H,22,23). The Balaban J connectivity index is 1.89. The van der Waals surface area contributed by atoms with Crippen molar-refractivity contribution in [3.63, 3.8) is 0 Å². The summed E-state index contributed by atoms with van der Waals surface area (Å²) < 4.78 is 0. The fourth-order valence-electron chi connectivity index (χ4n) is 2.12. The Bertz CT molecular complexity index is 679. The van der Waals surface area contributed by atoms with Gasteiger partial charge in [-0.3, -0.25) is 4.79 Å². The third-order valence-electron chi connectivity index (χ3n) is 3.58. The van der Waals surface area contributed by atoms with E-state index >= 15 is 0 Å². The van der Waals surface area contributed by atoms with Crippen LogP contribution in [-0.4, -0.2) is 5.91 Å². The number of hydrogen-bond donors (Lipinski definition) is 1. The Kier molecular flexibility index (Phi) is 5.62.